The van der Waals surface area contributed by atoms with Crippen LogP contribution in [0.1, 0.15) is 30.5 Å². The Hall–Kier alpha value is -3.24. The second-order valence-electron chi connectivity index (χ2n) is 8.57. The molecule has 2 heterocycles. The minimum Gasteiger partial charge on any atom is -0.303 e. The highest BCUT2D eigenvalue weighted by atomic mass is 32.2. The van der Waals surface area contributed by atoms with Crippen molar-refractivity contribution in [2.24, 2.45) is 11.1 Å². The first-order valence-electron chi connectivity index (χ1n) is 11.6. The highest BCUT2D eigenvalue weighted by Crippen LogP contribution is 2.40. The maximum Gasteiger partial charge on any atom is 0.259 e. The number of aromatic nitrogens is 1. The lowest BCUT2D eigenvalue weighted by atomic mass is 10.0. The topological polar surface area (TPSA) is 93.4 Å². The standard InChI is InChI=1S/C24H20F3N3O3S.C2H6/c25-18-10-16-11-21(23(26)27)30(20(16)12-22(18)34(28,32)33)24(31)17-7-13-4-5-14(8-15(13)9-17)19-3-1-2-6-29-19;1-2/h1-6,8,10,12,17,21,23H,7,9,11H2,(H2,28,32,33);1-2H3. The summed E-state index contributed by atoms with van der Waals surface area (Å²) in [7, 11) is -4.44. The van der Waals surface area contributed by atoms with Crippen LogP contribution in [-0.2, 0) is 34.1 Å². The van der Waals surface area contributed by atoms with Crippen molar-refractivity contribution in [3.63, 3.8) is 0 Å². The fourth-order valence-corrected chi connectivity index (χ4v) is 5.46. The summed E-state index contributed by atoms with van der Waals surface area (Å²) >= 11 is 0. The molecule has 6 nitrogen and oxygen atoms in total. The molecule has 3 aromatic rings. The van der Waals surface area contributed by atoms with Gasteiger partial charge in [-0.1, -0.05) is 32.0 Å². The van der Waals surface area contributed by atoms with Crippen molar-refractivity contribution < 1.29 is 26.4 Å². The molecular formula is C26H26F3N3O3S. The molecule has 1 amide bonds. The molecule has 1 aromatic heterocycles. The number of carbonyl (C=O) groups is 1. The van der Waals surface area contributed by atoms with Crippen LogP contribution in [0.15, 0.2) is 59.6 Å². The van der Waals surface area contributed by atoms with E-state index in [1.54, 1.807) is 6.20 Å². The van der Waals surface area contributed by atoms with Crippen molar-refractivity contribution in [3.05, 3.63) is 77.2 Å². The molecule has 2 atom stereocenters. The molecule has 5 rings (SSSR count). The van der Waals surface area contributed by atoms with Gasteiger partial charge < -0.3 is 4.90 Å². The molecule has 1 aliphatic carbocycles. The first-order chi connectivity index (χ1) is 17.1. The number of alkyl halides is 2. The van der Waals surface area contributed by atoms with E-state index in [2.05, 4.69) is 4.98 Å². The molecule has 0 radical (unpaired) electrons. The number of anilines is 1. The van der Waals surface area contributed by atoms with Crippen LogP contribution in [0.5, 0.6) is 0 Å². The second kappa shape index (κ2) is 10.0. The summed E-state index contributed by atoms with van der Waals surface area (Å²) in [6, 6.07) is 11.6. The van der Waals surface area contributed by atoms with Gasteiger partial charge in [-0.2, -0.15) is 0 Å². The van der Waals surface area contributed by atoms with E-state index >= 15 is 0 Å². The fourth-order valence-electron chi connectivity index (χ4n) is 4.85. The zero-order valence-electron chi connectivity index (χ0n) is 19.8. The van der Waals surface area contributed by atoms with Crippen LogP contribution in [-0.4, -0.2) is 31.8 Å². The number of carbonyl (C=O) groups excluding carboxylic acids is 1. The van der Waals surface area contributed by atoms with Gasteiger partial charge in [0.1, 0.15) is 16.8 Å². The first-order valence-corrected chi connectivity index (χ1v) is 13.2. The van der Waals surface area contributed by atoms with Crippen molar-refractivity contribution in [2.45, 2.75) is 50.5 Å². The molecule has 2 unspecified atom stereocenters. The number of hydrogen-bond acceptors (Lipinski definition) is 4. The van der Waals surface area contributed by atoms with E-state index in [-0.39, 0.29) is 17.7 Å². The molecule has 0 saturated heterocycles. The number of pyridine rings is 1. The third kappa shape index (κ3) is 4.75. The summed E-state index contributed by atoms with van der Waals surface area (Å²) < 4.78 is 65.7. The van der Waals surface area contributed by atoms with Crippen LogP contribution in [0, 0.1) is 11.7 Å². The van der Waals surface area contributed by atoms with E-state index in [1.807, 2.05) is 50.2 Å². The molecule has 0 bridgehead atoms. The monoisotopic (exact) mass is 517 g/mol. The summed E-state index contributed by atoms with van der Waals surface area (Å²) in [6.07, 6.45) is -0.772. The molecule has 1 aliphatic heterocycles. The number of amides is 1. The smallest absolute Gasteiger partial charge is 0.259 e. The van der Waals surface area contributed by atoms with E-state index in [0.717, 1.165) is 39.4 Å². The number of sulfonamides is 1. The van der Waals surface area contributed by atoms with Crippen molar-refractivity contribution in [3.8, 4) is 11.3 Å². The molecule has 2 N–H and O–H groups in total. The van der Waals surface area contributed by atoms with E-state index in [4.69, 9.17) is 5.14 Å². The third-order valence-electron chi connectivity index (χ3n) is 6.44. The molecule has 0 spiro atoms. The van der Waals surface area contributed by atoms with E-state index < -0.39 is 45.0 Å². The van der Waals surface area contributed by atoms with Gasteiger partial charge >= 0.3 is 0 Å². The Morgan fingerprint density at radius 2 is 1.75 bits per heavy atom. The quantitative estimate of drug-likeness (QED) is 0.552. The number of nitrogens with two attached hydrogens (primary N) is 1. The second-order valence-corrected chi connectivity index (χ2v) is 10.1. The molecule has 2 aromatic carbocycles. The molecule has 0 fully saturated rings. The highest BCUT2D eigenvalue weighted by Gasteiger charge is 2.43. The number of benzene rings is 2. The Morgan fingerprint density at radius 1 is 1.03 bits per heavy atom. The first kappa shape index (κ1) is 25.8. The number of rotatable bonds is 4. The fraction of sp³-hybridized carbons (Fsp3) is 0.308. The minimum atomic E-state index is -4.44. The molecular weight excluding hydrogens is 491 g/mol. The summed E-state index contributed by atoms with van der Waals surface area (Å²) in [4.78, 5) is 17.9. The van der Waals surface area contributed by atoms with Gasteiger partial charge in [0.25, 0.3) is 6.43 Å². The van der Waals surface area contributed by atoms with Crippen LogP contribution >= 0.6 is 0 Å². The maximum atomic E-state index is 14.3. The average molecular weight is 518 g/mol. The van der Waals surface area contributed by atoms with Gasteiger partial charge in [0.15, 0.2) is 0 Å². The van der Waals surface area contributed by atoms with Crippen LogP contribution in [0.4, 0.5) is 18.9 Å². The Balaban J connectivity index is 0.00000148. The number of hydrogen-bond donors (Lipinski definition) is 1. The Bertz CT molecular complexity index is 1400. The lowest BCUT2D eigenvalue weighted by molar-refractivity contribution is -0.123. The Labute approximate surface area is 208 Å². The number of fused-ring (bicyclic) bond motifs is 2. The Kier molecular flexibility index (Phi) is 7.19. The van der Waals surface area contributed by atoms with E-state index in [0.29, 0.717) is 12.8 Å². The normalized spacial score (nSPS) is 18.5. The number of primary sulfonamides is 1. The van der Waals surface area contributed by atoms with E-state index in [1.165, 1.54) is 0 Å². The van der Waals surface area contributed by atoms with Gasteiger partial charge in [-0.3, -0.25) is 9.78 Å². The summed E-state index contributed by atoms with van der Waals surface area (Å²) in [5.41, 5.74) is 3.65. The van der Waals surface area contributed by atoms with Crippen LogP contribution in [0.2, 0.25) is 0 Å². The predicted molar refractivity (Wildman–Crippen MR) is 131 cm³/mol. The Morgan fingerprint density at radius 3 is 2.39 bits per heavy atom. The van der Waals surface area contributed by atoms with Gasteiger partial charge in [0.05, 0.1) is 5.69 Å². The van der Waals surface area contributed by atoms with E-state index in [9.17, 15) is 26.4 Å². The molecule has 0 saturated carbocycles. The van der Waals surface area contributed by atoms with Gasteiger partial charge in [0, 0.05) is 29.8 Å². The van der Waals surface area contributed by atoms with Crippen molar-refractivity contribution in [2.75, 3.05) is 4.90 Å². The van der Waals surface area contributed by atoms with Gasteiger partial charge in [-0.15, -0.1) is 0 Å². The maximum absolute atomic E-state index is 14.3. The molecule has 36 heavy (non-hydrogen) atoms. The zero-order valence-corrected chi connectivity index (χ0v) is 20.6. The molecule has 10 heteroatoms. The zero-order chi connectivity index (χ0) is 26.2. The van der Waals surface area contributed by atoms with Crippen molar-refractivity contribution in [1.82, 2.24) is 4.98 Å². The lowest BCUT2D eigenvalue weighted by Gasteiger charge is -2.28. The number of halogens is 3. The minimum absolute atomic E-state index is 0.0362. The SMILES string of the molecule is CC.NS(=O)(=O)c1cc2c(cc1F)CC(C(F)F)N2C(=O)C1Cc2ccc(-c3ccccn3)cc2C1. The van der Waals surface area contributed by atoms with Crippen molar-refractivity contribution in [1.29, 1.82) is 0 Å². The lowest BCUT2D eigenvalue weighted by Crippen LogP contribution is -2.45. The molecule has 2 aliphatic rings. The highest BCUT2D eigenvalue weighted by molar-refractivity contribution is 7.89. The van der Waals surface area contributed by atoms with Gasteiger partial charge in [-0.25, -0.2) is 26.7 Å². The predicted octanol–water partition coefficient (Wildman–Crippen LogP) is 4.50. The number of nitrogens with zero attached hydrogens (tertiary/aromatic N) is 2. The summed E-state index contributed by atoms with van der Waals surface area (Å²) in [5, 5.41) is 5.08. The van der Waals surface area contributed by atoms with Gasteiger partial charge in [0.2, 0.25) is 15.9 Å². The summed E-state index contributed by atoms with van der Waals surface area (Å²) in [6.45, 7) is 4.00. The van der Waals surface area contributed by atoms with Crippen molar-refractivity contribution >= 4 is 21.6 Å². The van der Waals surface area contributed by atoms with Gasteiger partial charge in [-0.05, 0) is 59.9 Å². The average Bonchev–Trinajstić information content (AvgIpc) is 3.45. The van der Waals surface area contributed by atoms with Crippen LogP contribution in [0.3, 0.4) is 0 Å². The largest absolute Gasteiger partial charge is 0.303 e. The van der Waals surface area contributed by atoms with Crippen LogP contribution < -0.4 is 10.0 Å². The van der Waals surface area contributed by atoms with Crippen LogP contribution in [0.25, 0.3) is 11.3 Å². The third-order valence-corrected chi connectivity index (χ3v) is 7.36. The summed E-state index contributed by atoms with van der Waals surface area (Å²) in [5.74, 6) is -2.28. The molecule has 190 valence electrons.